The summed E-state index contributed by atoms with van der Waals surface area (Å²) < 4.78 is 5.49. The van der Waals surface area contributed by atoms with Crippen LogP contribution in [0, 0.1) is 0 Å². The Labute approximate surface area is 166 Å². The number of fused-ring (bicyclic) bond motifs is 1. The van der Waals surface area contributed by atoms with E-state index in [-0.39, 0.29) is 18.1 Å². The molecule has 1 aliphatic heterocycles. The normalized spacial score (nSPS) is 17.4. The summed E-state index contributed by atoms with van der Waals surface area (Å²) >= 11 is 0. The third kappa shape index (κ3) is 4.26. The van der Waals surface area contributed by atoms with Crippen molar-refractivity contribution < 1.29 is 9.53 Å². The predicted octanol–water partition coefficient (Wildman–Crippen LogP) is 3.18. The molecule has 28 heavy (non-hydrogen) atoms. The zero-order valence-electron chi connectivity index (χ0n) is 17.6. The third-order valence-electron chi connectivity index (χ3n) is 4.91. The number of nitrogens with zero attached hydrogens (tertiary/aromatic N) is 5. The molecule has 1 amide bonds. The third-order valence-corrected chi connectivity index (χ3v) is 4.91. The monoisotopic (exact) mass is 386 g/mol. The Morgan fingerprint density at radius 1 is 1.36 bits per heavy atom. The van der Waals surface area contributed by atoms with Crippen molar-refractivity contribution in [2.24, 2.45) is 0 Å². The van der Waals surface area contributed by atoms with Gasteiger partial charge in [-0.05, 0) is 44.7 Å². The number of ether oxygens (including phenoxy) is 1. The standard InChI is InChI=1S/C20H30N6O2/c1-12(2)13-9-15-16(22-10-13)17(24-18(21)23-15)26-8-7-14(11-26)25(6)19(27)28-20(3,4)5/h9-10,12,14H,7-8,11H2,1-6H3,(H2,21,23,24). The Kier molecular flexibility index (Phi) is 5.32. The minimum Gasteiger partial charge on any atom is -0.444 e. The predicted molar refractivity (Wildman–Crippen MR) is 110 cm³/mol. The Bertz CT molecular complexity index is 877. The van der Waals surface area contributed by atoms with E-state index in [1.165, 1.54) is 0 Å². The van der Waals surface area contributed by atoms with E-state index in [0.29, 0.717) is 12.5 Å². The Morgan fingerprint density at radius 3 is 2.71 bits per heavy atom. The highest BCUT2D eigenvalue weighted by Gasteiger charge is 2.32. The van der Waals surface area contributed by atoms with Crippen LogP contribution in [-0.2, 0) is 4.74 Å². The maximum Gasteiger partial charge on any atom is 0.410 e. The van der Waals surface area contributed by atoms with Gasteiger partial charge in [-0.3, -0.25) is 4.98 Å². The first-order valence-electron chi connectivity index (χ1n) is 9.69. The lowest BCUT2D eigenvalue weighted by Gasteiger charge is -2.28. The number of likely N-dealkylation sites (N-methyl/N-ethyl adjacent to an activating group) is 1. The molecule has 1 atom stereocenters. The van der Waals surface area contributed by atoms with E-state index < -0.39 is 5.60 Å². The number of aromatic nitrogens is 3. The molecule has 2 aromatic rings. The molecule has 0 aromatic carbocycles. The van der Waals surface area contributed by atoms with Gasteiger partial charge in [0.2, 0.25) is 5.95 Å². The second kappa shape index (κ2) is 7.41. The summed E-state index contributed by atoms with van der Waals surface area (Å²) in [5, 5.41) is 0. The van der Waals surface area contributed by atoms with Crippen LogP contribution in [0.15, 0.2) is 12.3 Å². The maximum absolute atomic E-state index is 12.4. The summed E-state index contributed by atoms with van der Waals surface area (Å²) in [5.74, 6) is 1.31. The van der Waals surface area contributed by atoms with Crippen LogP contribution in [0.3, 0.4) is 0 Å². The summed E-state index contributed by atoms with van der Waals surface area (Å²) in [4.78, 5) is 29.6. The molecule has 8 heteroatoms. The smallest absolute Gasteiger partial charge is 0.410 e. The number of carbonyl (C=O) groups is 1. The molecule has 2 aromatic heterocycles. The zero-order chi connectivity index (χ0) is 20.6. The highest BCUT2D eigenvalue weighted by molar-refractivity contribution is 5.87. The molecule has 1 saturated heterocycles. The molecule has 0 spiro atoms. The van der Waals surface area contributed by atoms with Gasteiger partial charge in [-0.15, -0.1) is 0 Å². The van der Waals surface area contributed by atoms with Crippen LogP contribution in [-0.4, -0.2) is 57.7 Å². The van der Waals surface area contributed by atoms with E-state index in [2.05, 4.69) is 33.7 Å². The summed E-state index contributed by atoms with van der Waals surface area (Å²) in [6, 6.07) is 2.06. The number of nitrogen functional groups attached to an aromatic ring is 1. The van der Waals surface area contributed by atoms with Crippen LogP contribution in [0.1, 0.15) is 52.5 Å². The van der Waals surface area contributed by atoms with Crippen molar-refractivity contribution in [3.8, 4) is 0 Å². The highest BCUT2D eigenvalue weighted by atomic mass is 16.6. The molecule has 1 fully saturated rings. The number of carbonyl (C=O) groups excluding carboxylic acids is 1. The molecule has 0 radical (unpaired) electrons. The lowest BCUT2D eigenvalue weighted by atomic mass is 10.1. The van der Waals surface area contributed by atoms with E-state index in [0.717, 1.165) is 35.4 Å². The number of nitrogens with two attached hydrogens (primary N) is 1. The van der Waals surface area contributed by atoms with Gasteiger partial charge in [0, 0.05) is 26.3 Å². The van der Waals surface area contributed by atoms with Gasteiger partial charge in [-0.25, -0.2) is 9.78 Å². The molecular weight excluding hydrogens is 356 g/mol. The van der Waals surface area contributed by atoms with Gasteiger partial charge in [-0.2, -0.15) is 4.98 Å². The van der Waals surface area contributed by atoms with Crippen molar-refractivity contribution in [3.05, 3.63) is 17.8 Å². The quantitative estimate of drug-likeness (QED) is 0.865. The minimum atomic E-state index is -0.515. The van der Waals surface area contributed by atoms with Gasteiger partial charge in [-0.1, -0.05) is 13.8 Å². The van der Waals surface area contributed by atoms with Crippen LogP contribution in [0.4, 0.5) is 16.6 Å². The second-order valence-corrected chi connectivity index (χ2v) is 8.68. The fraction of sp³-hybridized carbons (Fsp3) is 0.600. The van der Waals surface area contributed by atoms with E-state index >= 15 is 0 Å². The number of amides is 1. The Hall–Kier alpha value is -2.64. The minimum absolute atomic E-state index is 0.0380. The number of hydrogen-bond donors (Lipinski definition) is 1. The topological polar surface area (TPSA) is 97.5 Å². The number of pyridine rings is 1. The van der Waals surface area contributed by atoms with Crippen molar-refractivity contribution in [1.29, 1.82) is 0 Å². The van der Waals surface area contributed by atoms with E-state index in [9.17, 15) is 4.79 Å². The van der Waals surface area contributed by atoms with Crippen LogP contribution in [0.2, 0.25) is 0 Å². The molecular formula is C20H30N6O2. The average molecular weight is 387 g/mol. The van der Waals surface area contributed by atoms with Crippen molar-refractivity contribution >= 4 is 28.9 Å². The summed E-state index contributed by atoms with van der Waals surface area (Å²) in [6.07, 6.45) is 2.38. The first-order chi connectivity index (χ1) is 13.0. The summed E-state index contributed by atoms with van der Waals surface area (Å²) in [6.45, 7) is 11.2. The molecule has 0 aliphatic carbocycles. The van der Waals surface area contributed by atoms with Crippen LogP contribution >= 0.6 is 0 Å². The molecule has 0 bridgehead atoms. The number of anilines is 2. The molecule has 3 rings (SSSR count). The SMILES string of the molecule is CC(C)c1cnc2c(N3CCC(N(C)C(=O)OC(C)(C)C)C3)nc(N)nc2c1. The Morgan fingerprint density at radius 2 is 2.07 bits per heavy atom. The Balaban J connectivity index is 1.83. The van der Waals surface area contributed by atoms with Crippen molar-refractivity contribution in [2.45, 2.75) is 58.6 Å². The van der Waals surface area contributed by atoms with Gasteiger partial charge in [0.25, 0.3) is 0 Å². The lowest BCUT2D eigenvalue weighted by Crippen LogP contribution is -2.42. The lowest BCUT2D eigenvalue weighted by molar-refractivity contribution is 0.0238. The van der Waals surface area contributed by atoms with Crippen molar-refractivity contribution in [2.75, 3.05) is 30.8 Å². The first-order valence-corrected chi connectivity index (χ1v) is 9.69. The summed E-state index contributed by atoms with van der Waals surface area (Å²) in [5.41, 5.74) is 8.05. The molecule has 8 nitrogen and oxygen atoms in total. The van der Waals surface area contributed by atoms with Crippen molar-refractivity contribution in [1.82, 2.24) is 19.9 Å². The fourth-order valence-corrected chi connectivity index (χ4v) is 3.31. The zero-order valence-corrected chi connectivity index (χ0v) is 17.6. The molecule has 1 unspecified atom stereocenters. The van der Waals surface area contributed by atoms with Gasteiger partial charge < -0.3 is 20.3 Å². The fourth-order valence-electron chi connectivity index (χ4n) is 3.31. The highest BCUT2D eigenvalue weighted by Crippen LogP contribution is 2.29. The van der Waals surface area contributed by atoms with Crippen LogP contribution < -0.4 is 10.6 Å². The second-order valence-electron chi connectivity index (χ2n) is 8.68. The van der Waals surface area contributed by atoms with Gasteiger partial charge in [0.05, 0.1) is 11.6 Å². The molecule has 152 valence electrons. The number of hydrogen-bond acceptors (Lipinski definition) is 7. The number of rotatable bonds is 3. The largest absolute Gasteiger partial charge is 0.444 e. The van der Waals surface area contributed by atoms with Crippen LogP contribution in [0.25, 0.3) is 11.0 Å². The van der Waals surface area contributed by atoms with Gasteiger partial charge in [0.15, 0.2) is 5.82 Å². The summed E-state index contributed by atoms with van der Waals surface area (Å²) in [7, 11) is 1.78. The molecule has 3 heterocycles. The molecule has 1 aliphatic rings. The van der Waals surface area contributed by atoms with E-state index in [1.54, 1.807) is 11.9 Å². The van der Waals surface area contributed by atoms with E-state index in [4.69, 9.17) is 10.5 Å². The van der Waals surface area contributed by atoms with Gasteiger partial charge in [0.1, 0.15) is 11.1 Å². The van der Waals surface area contributed by atoms with Gasteiger partial charge >= 0.3 is 6.09 Å². The van der Waals surface area contributed by atoms with Crippen LogP contribution in [0.5, 0.6) is 0 Å². The first kappa shape index (κ1) is 20.1. The van der Waals surface area contributed by atoms with E-state index in [1.807, 2.05) is 33.0 Å². The molecule has 2 N–H and O–H groups in total. The van der Waals surface area contributed by atoms with Crippen molar-refractivity contribution in [3.63, 3.8) is 0 Å². The molecule has 0 saturated carbocycles. The average Bonchev–Trinajstić information content (AvgIpc) is 3.07. The maximum atomic E-state index is 12.4.